The highest BCUT2D eigenvalue weighted by atomic mass is 19.1. The lowest BCUT2D eigenvalue weighted by Crippen LogP contribution is -2.47. The summed E-state index contributed by atoms with van der Waals surface area (Å²) in [7, 11) is 3.15. The van der Waals surface area contributed by atoms with Gasteiger partial charge in [0.1, 0.15) is 11.9 Å². The lowest BCUT2D eigenvalue weighted by atomic mass is 10.2. The number of carbonyl (C=O) groups is 2. The van der Waals surface area contributed by atoms with E-state index in [0.717, 1.165) is 0 Å². The molecule has 1 aliphatic rings. The minimum absolute atomic E-state index is 0.226. The zero-order chi connectivity index (χ0) is 20.0. The van der Waals surface area contributed by atoms with E-state index in [2.05, 4.69) is 10.7 Å². The average molecular weight is 382 g/mol. The minimum atomic E-state index is -0.522. The Labute approximate surface area is 158 Å². The van der Waals surface area contributed by atoms with Gasteiger partial charge in [-0.15, -0.1) is 0 Å². The molecule has 150 valence electrons. The largest absolute Gasteiger partial charge is 0.443 e. The second-order valence-electron chi connectivity index (χ2n) is 6.09. The second kappa shape index (κ2) is 9.38. The number of amides is 3. The molecular formula is C17H27FN6O3. The van der Waals surface area contributed by atoms with Gasteiger partial charge in [0.05, 0.1) is 17.9 Å². The summed E-state index contributed by atoms with van der Waals surface area (Å²) in [6, 6.07) is 4.38. The van der Waals surface area contributed by atoms with Gasteiger partial charge in [0.25, 0.3) is 0 Å². The lowest BCUT2D eigenvalue weighted by Gasteiger charge is -2.26. The van der Waals surface area contributed by atoms with Crippen molar-refractivity contribution in [2.75, 3.05) is 56.6 Å². The lowest BCUT2D eigenvalue weighted by molar-refractivity contribution is 0.145. The van der Waals surface area contributed by atoms with Crippen LogP contribution >= 0.6 is 0 Å². The number of hydrogen-bond acceptors (Lipinski definition) is 6. The van der Waals surface area contributed by atoms with Crippen LogP contribution < -0.4 is 26.3 Å². The highest BCUT2D eigenvalue weighted by Crippen LogP contribution is 2.27. The molecule has 0 unspecified atom stereocenters. The summed E-state index contributed by atoms with van der Waals surface area (Å²) in [5.41, 5.74) is 9.32. The number of halogens is 1. The minimum Gasteiger partial charge on any atom is -0.443 e. The molecule has 0 aromatic heterocycles. The van der Waals surface area contributed by atoms with E-state index < -0.39 is 11.9 Å². The summed E-state index contributed by atoms with van der Waals surface area (Å²) in [5, 5.41) is 3.84. The maximum atomic E-state index is 14.7. The van der Waals surface area contributed by atoms with E-state index in [-0.39, 0.29) is 18.7 Å². The van der Waals surface area contributed by atoms with Crippen LogP contribution in [0.4, 0.5) is 25.4 Å². The van der Waals surface area contributed by atoms with Crippen LogP contribution in [-0.4, -0.2) is 70.1 Å². The molecule has 9 nitrogen and oxygen atoms in total. The predicted octanol–water partition coefficient (Wildman–Crippen LogP) is 0.712. The van der Waals surface area contributed by atoms with E-state index in [9.17, 15) is 14.0 Å². The first-order chi connectivity index (χ1) is 12.9. The topological polar surface area (TPSA) is 103 Å². The third-order valence-electron chi connectivity index (χ3n) is 4.35. The first kappa shape index (κ1) is 20.7. The molecule has 2 rings (SSSR count). The van der Waals surface area contributed by atoms with Gasteiger partial charge in [-0.25, -0.2) is 19.4 Å². The SMILES string of the molecule is CCN(CCNN(C)C(=O)NC)c1ccc(N2C[C@H](CN)OC2=O)cc1F. The molecule has 3 amide bonds. The van der Waals surface area contributed by atoms with Crippen LogP contribution in [0.25, 0.3) is 0 Å². The quantitative estimate of drug-likeness (QED) is 0.572. The molecule has 1 saturated heterocycles. The maximum Gasteiger partial charge on any atom is 0.414 e. The number of urea groups is 1. The summed E-state index contributed by atoms with van der Waals surface area (Å²) in [6.07, 6.45) is -0.901. The average Bonchev–Trinajstić information content (AvgIpc) is 3.05. The molecule has 1 heterocycles. The van der Waals surface area contributed by atoms with Crippen molar-refractivity contribution in [1.29, 1.82) is 0 Å². The Morgan fingerprint density at radius 2 is 2.22 bits per heavy atom. The number of hydrazine groups is 1. The zero-order valence-electron chi connectivity index (χ0n) is 15.9. The number of nitrogens with zero attached hydrogens (tertiary/aromatic N) is 3. The number of nitrogens with one attached hydrogen (secondary N) is 2. The molecule has 0 saturated carbocycles. The number of nitrogens with two attached hydrogens (primary N) is 1. The molecule has 1 aromatic rings. The number of cyclic esters (lactones) is 1. The van der Waals surface area contributed by atoms with Crippen molar-refractivity contribution < 1.29 is 18.7 Å². The highest BCUT2D eigenvalue weighted by Gasteiger charge is 2.31. The number of hydrogen-bond donors (Lipinski definition) is 3. The molecule has 0 bridgehead atoms. The Morgan fingerprint density at radius 1 is 1.48 bits per heavy atom. The van der Waals surface area contributed by atoms with E-state index in [1.807, 2.05) is 11.8 Å². The van der Waals surface area contributed by atoms with Gasteiger partial charge in [0.15, 0.2) is 0 Å². The number of anilines is 2. The van der Waals surface area contributed by atoms with Crippen molar-refractivity contribution >= 4 is 23.5 Å². The molecule has 1 aliphatic heterocycles. The molecule has 10 heteroatoms. The van der Waals surface area contributed by atoms with E-state index in [4.69, 9.17) is 10.5 Å². The van der Waals surface area contributed by atoms with Crippen LogP contribution in [0.15, 0.2) is 18.2 Å². The van der Waals surface area contributed by atoms with Crippen LogP contribution in [0, 0.1) is 5.82 Å². The maximum absolute atomic E-state index is 14.7. The fraction of sp³-hybridized carbons (Fsp3) is 0.529. The Hall–Kier alpha value is -2.59. The fourth-order valence-corrected chi connectivity index (χ4v) is 2.82. The van der Waals surface area contributed by atoms with Crippen LogP contribution in [-0.2, 0) is 4.74 Å². The molecule has 27 heavy (non-hydrogen) atoms. The monoisotopic (exact) mass is 382 g/mol. The Bertz CT molecular complexity index is 674. The van der Waals surface area contributed by atoms with Gasteiger partial charge in [-0.3, -0.25) is 9.91 Å². The van der Waals surface area contributed by atoms with Gasteiger partial charge in [0, 0.05) is 40.3 Å². The Balaban J connectivity index is 2.02. The molecule has 1 aromatic carbocycles. The zero-order valence-corrected chi connectivity index (χ0v) is 15.9. The standard InChI is InChI=1S/C17H27FN6O3/c1-4-23(8-7-21-22(3)16(25)20-2)15-6-5-12(9-14(15)18)24-11-13(10-19)27-17(24)26/h5-6,9,13,21H,4,7-8,10-11,19H2,1-3H3,(H,20,25)/t13-/m0/s1. The Kier molecular flexibility index (Phi) is 7.19. The van der Waals surface area contributed by atoms with E-state index in [1.54, 1.807) is 26.2 Å². The molecule has 0 spiro atoms. The van der Waals surface area contributed by atoms with Crippen molar-refractivity contribution in [3.05, 3.63) is 24.0 Å². The normalized spacial score (nSPS) is 16.3. The number of likely N-dealkylation sites (N-methyl/N-ethyl adjacent to an activating group) is 1. The second-order valence-corrected chi connectivity index (χ2v) is 6.09. The van der Waals surface area contributed by atoms with Gasteiger partial charge in [0.2, 0.25) is 0 Å². The van der Waals surface area contributed by atoms with Gasteiger partial charge in [-0.05, 0) is 25.1 Å². The first-order valence-corrected chi connectivity index (χ1v) is 8.82. The summed E-state index contributed by atoms with van der Waals surface area (Å²) in [6.45, 7) is 3.98. The van der Waals surface area contributed by atoms with Crippen molar-refractivity contribution in [2.24, 2.45) is 5.73 Å². The molecule has 0 radical (unpaired) electrons. The fourth-order valence-electron chi connectivity index (χ4n) is 2.82. The first-order valence-electron chi connectivity index (χ1n) is 8.82. The van der Waals surface area contributed by atoms with Crippen LogP contribution in [0.3, 0.4) is 0 Å². The van der Waals surface area contributed by atoms with Crippen molar-refractivity contribution in [3.8, 4) is 0 Å². The van der Waals surface area contributed by atoms with Crippen molar-refractivity contribution in [2.45, 2.75) is 13.0 Å². The van der Waals surface area contributed by atoms with Crippen LogP contribution in [0.5, 0.6) is 0 Å². The van der Waals surface area contributed by atoms with E-state index in [0.29, 0.717) is 37.6 Å². The van der Waals surface area contributed by atoms with Gasteiger partial charge >= 0.3 is 12.1 Å². The van der Waals surface area contributed by atoms with Crippen LogP contribution in [0.1, 0.15) is 6.92 Å². The summed E-state index contributed by atoms with van der Waals surface area (Å²) in [4.78, 5) is 26.5. The number of rotatable bonds is 8. The van der Waals surface area contributed by atoms with Crippen molar-refractivity contribution in [1.82, 2.24) is 15.8 Å². The third-order valence-corrected chi connectivity index (χ3v) is 4.35. The Morgan fingerprint density at radius 3 is 2.78 bits per heavy atom. The predicted molar refractivity (Wildman–Crippen MR) is 101 cm³/mol. The smallest absolute Gasteiger partial charge is 0.414 e. The van der Waals surface area contributed by atoms with E-state index in [1.165, 1.54) is 16.0 Å². The number of carbonyl (C=O) groups excluding carboxylic acids is 2. The summed E-state index contributed by atoms with van der Waals surface area (Å²) >= 11 is 0. The molecule has 0 aliphatic carbocycles. The van der Waals surface area contributed by atoms with Crippen molar-refractivity contribution in [3.63, 3.8) is 0 Å². The van der Waals surface area contributed by atoms with Gasteiger partial charge < -0.3 is 20.7 Å². The van der Waals surface area contributed by atoms with E-state index >= 15 is 0 Å². The molecule has 1 fully saturated rings. The van der Waals surface area contributed by atoms with Crippen LogP contribution in [0.2, 0.25) is 0 Å². The summed E-state index contributed by atoms with van der Waals surface area (Å²) in [5.74, 6) is -0.432. The molecular weight excluding hydrogens is 355 g/mol. The van der Waals surface area contributed by atoms with Gasteiger partial charge in [-0.1, -0.05) is 0 Å². The highest BCUT2D eigenvalue weighted by molar-refractivity contribution is 5.90. The molecule has 4 N–H and O–H groups in total. The summed E-state index contributed by atoms with van der Waals surface area (Å²) < 4.78 is 19.8. The van der Waals surface area contributed by atoms with Gasteiger partial charge in [-0.2, -0.15) is 0 Å². The number of ether oxygens (including phenoxy) is 1. The third kappa shape index (κ3) is 4.98. The number of benzene rings is 1. The molecule has 1 atom stereocenters.